The van der Waals surface area contributed by atoms with E-state index in [0.29, 0.717) is 22.0 Å². The molecule has 0 saturated heterocycles. The van der Waals surface area contributed by atoms with Crippen molar-refractivity contribution >= 4 is 50.8 Å². The number of carbonyl (C=O) groups is 2. The van der Waals surface area contributed by atoms with E-state index in [1.807, 2.05) is 20.8 Å². The first-order valence-electron chi connectivity index (χ1n) is 8.18. The van der Waals surface area contributed by atoms with E-state index in [1.54, 1.807) is 0 Å². The SMILES string of the molecule is CCCOC(=O)NC(CCl)CNC(=O)c1sc2nnc(C)c(C)c2c1N. The van der Waals surface area contributed by atoms with Crippen molar-refractivity contribution in [3.8, 4) is 0 Å². The fraction of sp³-hybridized carbons (Fsp3) is 0.500. The average molecular weight is 400 g/mol. The van der Waals surface area contributed by atoms with Gasteiger partial charge < -0.3 is 21.1 Å². The highest BCUT2D eigenvalue weighted by molar-refractivity contribution is 7.21. The number of alkyl carbamates (subject to hydrolysis) is 1. The molecule has 2 heterocycles. The number of hydrogen-bond acceptors (Lipinski definition) is 7. The van der Waals surface area contributed by atoms with Crippen LogP contribution in [-0.4, -0.2) is 47.3 Å². The Morgan fingerprint density at radius 1 is 1.35 bits per heavy atom. The number of aromatic nitrogens is 2. The van der Waals surface area contributed by atoms with Crippen molar-refractivity contribution in [2.75, 3.05) is 24.8 Å². The normalized spacial score (nSPS) is 12.0. The van der Waals surface area contributed by atoms with Crippen LogP contribution in [0.5, 0.6) is 0 Å². The number of ether oxygens (including phenoxy) is 1. The number of nitrogens with two attached hydrogens (primary N) is 1. The Bertz CT molecular complexity index is 811. The number of rotatable bonds is 7. The molecule has 0 bridgehead atoms. The molecule has 8 nitrogen and oxygen atoms in total. The lowest BCUT2D eigenvalue weighted by Crippen LogP contribution is -2.45. The van der Waals surface area contributed by atoms with Gasteiger partial charge in [-0.1, -0.05) is 6.92 Å². The van der Waals surface area contributed by atoms with Crippen LogP contribution in [-0.2, 0) is 4.74 Å². The number of fused-ring (bicyclic) bond motifs is 1. The second kappa shape index (κ2) is 9.00. The van der Waals surface area contributed by atoms with E-state index >= 15 is 0 Å². The molecule has 2 amide bonds. The first-order valence-corrected chi connectivity index (χ1v) is 9.53. The maximum atomic E-state index is 12.5. The maximum absolute atomic E-state index is 12.5. The standard InChI is InChI=1S/C16H22ClN5O3S/c1-4-5-25-16(24)20-10(6-17)7-19-14(23)13-12(18)11-8(2)9(3)21-22-15(11)26-13/h10H,4-7,18H2,1-3H3,(H,19,23)(H,20,24). The fourth-order valence-electron chi connectivity index (χ4n) is 2.25. The molecule has 1 atom stereocenters. The zero-order valence-corrected chi connectivity index (χ0v) is 16.5. The van der Waals surface area contributed by atoms with Gasteiger partial charge in [0.2, 0.25) is 0 Å². The van der Waals surface area contributed by atoms with Crippen LogP contribution >= 0.6 is 22.9 Å². The first-order chi connectivity index (χ1) is 12.4. The van der Waals surface area contributed by atoms with Crippen LogP contribution in [0, 0.1) is 13.8 Å². The topological polar surface area (TPSA) is 119 Å². The Labute approximate surface area is 160 Å². The smallest absolute Gasteiger partial charge is 0.407 e. The third-order valence-electron chi connectivity index (χ3n) is 3.80. The van der Waals surface area contributed by atoms with Crippen molar-refractivity contribution in [1.29, 1.82) is 0 Å². The summed E-state index contributed by atoms with van der Waals surface area (Å²) in [6, 6.07) is -0.454. The van der Waals surface area contributed by atoms with Gasteiger partial charge in [-0.25, -0.2) is 4.79 Å². The van der Waals surface area contributed by atoms with Crippen LogP contribution in [0.3, 0.4) is 0 Å². The highest BCUT2D eigenvalue weighted by Crippen LogP contribution is 2.34. The number of anilines is 1. The van der Waals surface area contributed by atoms with Crippen LogP contribution in [0.4, 0.5) is 10.5 Å². The summed E-state index contributed by atoms with van der Waals surface area (Å²) in [4.78, 5) is 25.1. The zero-order valence-electron chi connectivity index (χ0n) is 14.9. The minimum atomic E-state index is -0.561. The molecular weight excluding hydrogens is 378 g/mol. The molecule has 26 heavy (non-hydrogen) atoms. The Morgan fingerprint density at radius 3 is 2.73 bits per heavy atom. The highest BCUT2D eigenvalue weighted by atomic mass is 35.5. The number of thiophene rings is 1. The fourth-order valence-corrected chi connectivity index (χ4v) is 3.46. The second-order valence-electron chi connectivity index (χ2n) is 5.78. The van der Waals surface area contributed by atoms with Crippen molar-refractivity contribution in [2.45, 2.75) is 33.2 Å². The Hall–Kier alpha value is -2.13. The summed E-state index contributed by atoms with van der Waals surface area (Å²) in [6.45, 7) is 6.11. The lowest BCUT2D eigenvalue weighted by atomic mass is 10.1. The monoisotopic (exact) mass is 399 g/mol. The minimum Gasteiger partial charge on any atom is -0.450 e. The van der Waals surface area contributed by atoms with Crippen LogP contribution < -0.4 is 16.4 Å². The molecule has 0 aliphatic rings. The van der Waals surface area contributed by atoms with Gasteiger partial charge >= 0.3 is 6.09 Å². The summed E-state index contributed by atoms with van der Waals surface area (Å²) in [7, 11) is 0. The molecule has 0 aromatic carbocycles. The molecule has 2 aromatic heterocycles. The number of hydrogen-bond donors (Lipinski definition) is 3. The second-order valence-corrected chi connectivity index (χ2v) is 7.08. The van der Waals surface area contributed by atoms with Crippen molar-refractivity contribution in [2.24, 2.45) is 0 Å². The first kappa shape index (κ1) is 20.2. The van der Waals surface area contributed by atoms with Gasteiger partial charge in [0.15, 0.2) is 0 Å². The van der Waals surface area contributed by atoms with Crippen molar-refractivity contribution in [3.63, 3.8) is 0 Å². The molecule has 142 valence electrons. The molecule has 4 N–H and O–H groups in total. The van der Waals surface area contributed by atoms with Gasteiger partial charge in [0.1, 0.15) is 9.71 Å². The third kappa shape index (κ3) is 4.53. The van der Waals surface area contributed by atoms with Crippen LogP contribution in [0.25, 0.3) is 10.2 Å². The summed E-state index contributed by atoms with van der Waals surface area (Å²) < 4.78 is 4.94. The van der Waals surface area contributed by atoms with Gasteiger partial charge in [-0.05, 0) is 25.8 Å². The number of nitrogens with zero attached hydrogens (tertiary/aromatic N) is 2. The number of alkyl halides is 1. The van der Waals surface area contributed by atoms with Crippen molar-refractivity contribution < 1.29 is 14.3 Å². The average Bonchev–Trinajstić information content (AvgIpc) is 2.97. The molecule has 0 saturated carbocycles. The summed E-state index contributed by atoms with van der Waals surface area (Å²) in [6.07, 6.45) is 0.164. The Morgan fingerprint density at radius 2 is 2.08 bits per heavy atom. The predicted molar refractivity (Wildman–Crippen MR) is 103 cm³/mol. The van der Waals surface area contributed by atoms with Crippen LogP contribution in [0.2, 0.25) is 0 Å². The van der Waals surface area contributed by atoms with Crippen LogP contribution in [0.1, 0.15) is 34.3 Å². The third-order valence-corrected chi connectivity index (χ3v) is 5.26. The molecule has 0 fully saturated rings. The molecular formula is C16H22ClN5O3S. The number of nitrogens with one attached hydrogen (secondary N) is 2. The van der Waals surface area contributed by atoms with E-state index in [0.717, 1.165) is 23.1 Å². The molecule has 0 spiro atoms. The Balaban J connectivity index is 2.05. The molecule has 2 aromatic rings. The zero-order chi connectivity index (χ0) is 19.3. The van der Waals surface area contributed by atoms with Crippen molar-refractivity contribution in [1.82, 2.24) is 20.8 Å². The van der Waals surface area contributed by atoms with E-state index in [9.17, 15) is 9.59 Å². The highest BCUT2D eigenvalue weighted by Gasteiger charge is 2.21. The number of aryl methyl sites for hydroxylation is 2. The number of carbonyl (C=O) groups excluding carboxylic acids is 2. The van der Waals surface area contributed by atoms with Crippen LogP contribution in [0.15, 0.2) is 0 Å². The predicted octanol–water partition coefficient (Wildman–Crippen LogP) is 2.36. The number of nitrogen functional groups attached to an aromatic ring is 1. The van der Waals surface area contributed by atoms with Gasteiger partial charge in [-0.3, -0.25) is 4.79 Å². The summed E-state index contributed by atoms with van der Waals surface area (Å²) in [5.41, 5.74) is 8.21. The van der Waals surface area contributed by atoms with E-state index in [4.69, 9.17) is 22.1 Å². The van der Waals surface area contributed by atoms with E-state index in [2.05, 4.69) is 20.8 Å². The van der Waals surface area contributed by atoms with Gasteiger partial charge in [-0.15, -0.1) is 28.0 Å². The minimum absolute atomic E-state index is 0.132. The van der Waals surface area contributed by atoms with Gasteiger partial charge in [0, 0.05) is 17.8 Å². The molecule has 2 rings (SSSR count). The van der Waals surface area contributed by atoms with Gasteiger partial charge in [0.05, 0.1) is 24.0 Å². The summed E-state index contributed by atoms with van der Waals surface area (Å²) >= 11 is 7.03. The largest absolute Gasteiger partial charge is 0.450 e. The lowest BCUT2D eigenvalue weighted by molar-refractivity contribution is 0.0952. The number of amides is 2. The number of halogens is 1. The van der Waals surface area contributed by atoms with Crippen molar-refractivity contribution in [3.05, 3.63) is 16.1 Å². The molecule has 0 aliphatic heterocycles. The lowest BCUT2D eigenvalue weighted by Gasteiger charge is -2.16. The molecule has 10 heteroatoms. The molecule has 0 aliphatic carbocycles. The van der Waals surface area contributed by atoms with E-state index in [1.165, 1.54) is 11.3 Å². The maximum Gasteiger partial charge on any atom is 0.407 e. The quantitative estimate of drug-likeness (QED) is 0.615. The molecule has 0 radical (unpaired) electrons. The summed E-state index contributed by atoms with van der Waals surface area (Å²) in [5.74, 6) is -0.214. The van der Waals surface area contributed by atoms with Gasteiger partial charge in [-0.2, -0.15) is 5.10 Å². The van der Waals surface area contributed by atoms with E-state index in [-0.39, 0.29) is 18.3 Å². The summed E-state index contributed by atoms with van der Waals surface area (Å²) in [5, 5.41) is 14.3. The Kier molecular flexibility index (Phi) is 6.98. The van der Waals surface area contributed by atoms with E-state index < -0.39 is 12.1 Å². The molecule has 1 unspecified atom stereocenters. The van der Waals surface area contributed by atoms with Gasteiger partial charge in [0.25, 0.3) is 5.91 Å².